The monoisotopic (exact) mass is 312 g/mol. The zero-order valence-corrected chi connectivity index (χ0v) is 13.1. The summed E-state index contributed by atoms with van der Waals surface area (Å²) in [6.45, 7) is 1.36. The Bertz CT molecular complexity index is 724. The standard InChI is InChI=1S/C18H20N2O3/c1-23-10-9-19-18(22)14-11-17(21)20(12-14)16-8-4-6-13-5-2-3-7-15(13)16/h2-8,14H,9-12H2,1H3,(H,19,22). The number of nitrogens with zero attached hydrogens (tertiary/aromatic N) is 1. The molecule has 0 aromatic heterocycles. The number of amides is 2. The third-order valence-electron chi connectivity index (χ3n) is 4.16. The summed E-state index contributed by atoms with van der Waals surface area (Å²) in [6, 6.07) is 13.9. The van der Waals surface area contributed by atoms with Gasteiger partial charge in [0, 0.05) is 32.0 Å². The van der Waals surface area contributed by atoms with Crippen LogP contribution in [0.1, 0.15) is 6.42 Å². The van der Waals surface area contributed by atoms with Gasteiger partial charge in [0.2, 0.25) is 11.8 Å². The Morgan fingerprint density at radius 3 is 2.87 bits per heavy atom. The molecule has 1 aliphatic heterocycles. The Balaban J connectivity index is 1.78. The zero-order valence-electron chi connectivity index (χ0n) is 13.1. The first-order valence-corrected chi connectivity index (χ1v) is 7.75. The van der Waals surface area contributed by atoms with Crippen molar-refractivity contribution in [2.24, 2.45) is 5.92 Å². The van der Waals surface area contributed by atoms with E-state index in [1.165, 1.54) is 0 Å². The molecule has 2 amide bonds. The van der Waals surface area contributed by atoms with E-state index in [-0.39, 0.29) is 24.2 Å². The van der Waals surface area contributed by atoms with Gasteiger partial charge >= 0.3 is 0 Å². The van der Waals surface area contributed by atoms with Crippen LogP contribution >= 0.6 is 0 Å². The van der Waals surface area contributed by atoms with E-state index in [1.807, 2.05) is 42.5 Å². The van der Waals surface area contributed by atoms with Crippen molar-refractivity contribution in [3.05, 3.63) is 42.5 Å². The topological polar surface area (TPSA) is 58.6 Å². The van der Waals surface area contributed by atoms with Crippen molar-refractivity contribution >= 4 is 28.3 Å². The largest absolute Gasteiger partial charge is 0.383 e. The Kier molecular flexibility index (Phi) is 4.57. The summed E-state index contributed by atoms with van der Waals surface area (Å²) < 4.78 is 4.92. The lowest BCUT2D eigenvalue weighted by atomic mass is 10.1. The first-order chi connectivity index (χ1) is 11.2. The molecule has 1 aliphatic rings. The highest BCUT2D eigenvalue weighted by atomic mass is 16.5. The Labute approximate surface area is 135 Å². The van der Waals surface area contributed by atoms with Gasteiger partial charge in [-0.1, -0.05) is 36.4 Å². The van der Waals surface area contributed by atoms with E-state index < -0.39 is 0 Å². The van der Waals surface area contributed by atoms with Gasteiger partial charge in [-0.25, -0.2) is 0 Å². The molecule has 1 atom stereocenters. The minimum atomic E-state index is -0.307. The number of nitrogens with one attached hydrogen (secondary N) is 1. The van der Waals surface area contributed by atoms with Crippen LogP contribution < -0.4 is 10.2 Å². The average Bonchev–Trinajstić information content (AvgIpc) is 2.96. The third kappa shape index (κ3) is 3.19. The number of benzene rings is 2. The second kappa shape index (κ2) is 6.79. The normalized spacial score (nSPS) is 17.7. The smallest absolute Gasteiger partial charge is 0.227 e. The highest BCUT2D eigenvalue weighted by Gasteiger charge is 2.35. The van der Waals surface area contributed by atoms with Crippen molar-refractivity contribution < 1.29 is 14.3 Å². The highest BCUT2D eigenvalue weighted by molar-refractivity contribution is 6.06. The molecule has 2 aromatic rings. The van der Waals surface area contributed by atoms with E-state index in [0.29, 0.717) is 19.7 Å². The van der Waals surface area contributed by atoms with Gasteiger partial charge in [0.25, 0.3) is 0 Å². The van der Waals surface area contributed by atoms with Crippen LogP contribution in [0.25, 0.3) is 10.8 Å². The average molecular weight is 312 g/mol. The molecule has 0 saturated carbocycles. The first-order valence-electron chi connectivity index (χ1n) is 7.75. The molecule has 5 heteroatoms. The summed E-state index contributed by atoms with van der Waals surface area (Å²) in [6.07, 6.45) is 0.252. The summed E-state index contributed by atoms with van der Waals surface area (Å²) in [5.41, 5.74) is 0.875. The van der Waals surface area contributed by atoms with E-state index in [9.17, 15) is 9.59 Å². The van der Waals surface area contributed by atoms with Crippen molar-refractivity contribution in [3.63, 3.8) is 0 Å². The molecule has 3 rings (SSSR count). The zero-order chi connectivity index (χ0) is 16.2. The maximum absolute atomic E-state index is 12.4. The molecule has 0 bridgehead atoms. The van der Waals surface area contributed by atoms with Crippen molar-refractivity contribution in [1.29, 1.82) is 0 Å². The SMILES string of the molecule is COCCNC(=O)C1CC(=O)N(c2cccc3ccccc23)C1. The second-order valence-corrected chi connectivity index (χ2v) is 5.69. The Morgan fingerprint density at radius 2 is 2.04 bits per heavy atom. The molecule has 0 aliphatic carbocycles. The molecular weight excluding hydrogens is 292 g/mol. The summed E-state index contributed by atoms with van der Waals surface area (Å²) in [5, 5.41) is 4.93. The minimum absolute atomic E-state index is 0.00626. The van der Waals surface area contributed by atoms with Gasteiger partial charge in [0.1, 0.15) is 0 Å². The summed E-state index contributed by atoms with van der Waals surface area (Å²) >= 11 is 0. The predicted octanol–water partition coefficient (Wildman–Crippen LogP) is 1.96. The lowest BCUT2D eigenvalue weighted by Gasteiger charge is -2.19. The summed E-state index contributed by atoms with van der Waals surface area (Å²) in [4.78, 5) is 26.3. The lowest BCUT2D eigenvalue weighted by Crippen LogP contribution is -2.34. The fourth-order valence-electron chi connectivity index (χ4n) is 2.98. The number of hydrogen-bond acceptors (Lipinski definition) is 3. The van der Waals surface area contributed by atoms with E-state index in [0.717, 1.165) is 16.5 Å². The molecule has 23 heavy (non-hydrogen) atoms. The summed E-state index contributed by atoms with van der Waals surface area (Å²) in [7, 11) is 1.59. The van der Waals surface area contributed by atoms with Gasteiger partial charge in [-0.05, 0) is 11.5 Å². The number of methoxy groups -OCH3 is 1. The molecule has 1 saturated heterocycles. The second-order valence-electron chi connectivity index (χ2n) is 5.69. The molecule has 1 N–H and O–H groups in total. The number of hydrogen-bond donors (Lipinski definition) is 1. The Morgan fingerprint density at radius 1 is 1.26 bits per heavy atom. The molecular formula is C18H20N2O3. The summed E-state index contributed by atoms with van der Waals surface area (Å²) in [5.74, 6) is -0.398. The van der Waals surface area contributed by atoms with Crippen molar-refractivity contribution in [3.8, 4) is 0 Å². The molecule has 1 unspecified atom stereocenters. The van der Waals surface area contributed by atoms with Crippen molar-refractivity contribution in [1.82, 2.24) is 5.32 Å². The van der Waals surface area contributed by atoms with E-state index >= 15 is 0 Å². The number of ether oxygens (including phenoxy) is 1. The van der Waals surface area contributed by atoms with Crippen molar-refractivity contribution in [2.45, 2.75) is 6.42 Å². The van der Waals surface area contributed by atoms with Crippen LogP contribution in [0.3, 0.4) is 0 Å². The number of carbonyl (C=O) groups is 2. The van der Waals surface area contributed by atoms with E-state index in [4.69, 9.17) is 4.74 Å². The maximum atomic E-state index is 12.4. The maximum Gasteiger partial charge on any atom is 0.227 e. The van der Waals surface area contributed by atoms with Gasteiger partial charge in [-0.2, -0.15) is 0 Å². The van der Waals surface area contributed by atoms with Gasteiger partial charge < -0.3 is 15.0 Å². The minimum Gasteiger partial charge on any atom is -0.383 e. The third-order valence-corrected chi connectivity index (χ3v) is 4.16. The van der Waals surface area contributed by atoms with Crippen LogP contribution in [0.5, 0.6) is 0 Å². The fraction of sp³-hybridized carbons (Fsp3) is 0.333. The number of carbonyl (C=O) groups excluding carboxylic acids is 2. The highest BCUT2D eigenvalue weighted by Crippen LogP contribution is 2.31. The molecule has 1 heterocycles. The molecule has 1 fully saturated rings. The van der Waals surface area contributed by atoms with Gasteiger partial charge in [-0.15, -0.1) is 0 Å². The number of anilines is 1. The van der Waals surface area contributed by atoms with Crippen LogP contribution in [0, 0.1) is 5.92 Å². The van der Waals surface area contributed by atoms with Crippen LogP contribution in [0.4, 0.5) is 5.69 Å². The van der Waals surface area contributed by atoms with Gasteiger partial charge in [0.05, 0.1) is 18.2 Å². The first kappa shape index (κ1) is 15.5. The number of rotatable bonds is 5. The quantitative estimate of drug-likeness (QED) is 0.859. The molecule has 0 radical (unpaired) electrons. The van der Waals surface area contributed by atoms with Crippen molar-refractivity contribution in [2.75, 3.05) is 31.7 Å². The van der Waals surface area contributed by atoms with E-state index in [1.54, 1.807) is 12.0 Å². The predicted molar refractivity (Wildman–Crippen MR) is 89.3 cm³/mol. The Hall–Kier alpha value is -2.40. The molecule has 0 spiro atoms. The van der Waals surface area contributed by atoms with E-state index in [2.05, 4.69) is 5.32 Å². The van der Waals surface area contributed by atoms with Crippen LogP contribution in [-0.2, 0) is 14.3 Å². The van der Waals surface area contributed by atoms with Crippen LogP contribution in [0.15, 0.2) is 42.5 Å². The van der Waals surface area contributed by atoms with Gasteiger partial charge in [-0.3, -0.25) is 9.59 Å². The number of fused-ring (bicyclic) bond motifs is 1. The molecule has 120 valence electrons. The van der Waals surface area contributed by atoms with Crippen LogP contribution in [0.2, 0.25) is 0 Å². The molecule has 2 aromatic carbocycles. The molecule has 5 nitrogen and oxygen atoms in total. The lowest BCUT2D eigenvalue weighted by molar-refractivity contribution is -0.126. The van der Waals surface area contributed by atoms with Gasteiger partial charge in [0.15, 0.2) is 0 Å². The fourth-order valence-corrected chi connectivity index (χ4v) is 2.98. The van der Waals surface area contributed by atoms with Crippen LogP contribution in [-0.4, -0.2) is 38.6 Å².